The summed E-state index contributed by atoms with van der Waals surface area (Å²) in [7, 11) is -3.49. The third-order valence-corrected chi connectivity index (χ3v) is 7.51. The second-order valence-corrected chi connectivity index (χ2v) is 8.45. The Kier molecular flexibility index (Phi) is 3.70. The van der Waals surface area contributed by atoms with E-state index in [0.29, 0.717) is 24.6 Å². The summed E-state index contributed by atoms with van der Waals surface area (Å²) >= 11 is 1.48. The number of nitrogens with zero attached hydrogens (tertiary/aromatic N) is 1. The predicted molar refractivity (Wildman–Crippen MR) is 86.7 cm³/mol. The Balaban J connectivity index is 1.76. The molecule has 2 saturated heterocycles. The molecule has 118 valence electrons. The SMILES string of the molecule is O=S(=O)(c1csc2ccccc12)N1CCO[C@@H]2CCNC[C@@H]21. The van der Waals surface area contributed by atoms with Gasteiger partial charge in [0.2, 0.25) is 10.0 Å². The van der Waals surface area contributed by atoms with E-state index < -0.39 is 10.0 Å². The average Bonchev–Trinajstić information content (AvgIpc) is 2.99. The fourth-order valence-corrected chi connectivity index (χ4v) is 6.45. The maximum absolute atomic E-state index is 13.2. The van der Waals surface area contributed by atoms with Crippen LogP contribution in [0, 0.1) is 0 Å². The van der Waals surface area contributed by atoms with Crippen molar-refractivity contribution < 1.29 is 13.2 Å². The van der Waals surface area contributed by atoms with Crippen LogP contribution in [-0.4, -0.2) is 51.1 Å². The van der Waals surface area contributed by atoms with Crippen LogP contribution < -0.4 is 5.32 Å². The molecule has 2 aromatic rings. The minimum Gasteiger partial charge on any atom is -0.375 e. The van der Waals surface area contributed by atoms with Gasteiger partial charge in [-0.05, 0) is 19.0 Å². The molecule has 4 rings (SSSR count). The van der Waals surface area contributed by atoms with Gasteiger partial charge in [-0.25, -0.2) is 8.42 Å². The first-order valence-corrected chi connectivity index (χ1v) is 9.80. The number of morpholine rings is 1. The molecule has 22 heavy (non-hydrogen) atoms. The number of rotatable bonds is 2. The van der Waals surface area contributed by atoms with Gasteiger partial charge in [0.15, 0.2) is 0 Å². The van der Waals surface area contributed by atoms with Crippen LogP contribution in [0.3, 0.4) is 0 Å². The standard InChI is InChI=1S/C15H18N2O3S2/c18-22(19,15-10-21-14-4-2-1-3-11(14)15)17-7-8-20-13-5-6-16-9-12(13)17/h1-4,10,12-13,16H,5-9H2/t12-,13+/m0/s1. The molecule has 0 aliphatic carbocycles. The fraction of sp³-hybridized carbons (Fsp3) is 0.467. The van der Waals surface area contributed by atoms with Gasteiger partial charge >= 0.3 is 0 Å². The average molecular weight is 338 g/mol. The van der Waals surface area contributed by atoms with Gasteiger partial charge in [-0.15, -0.1) is 11.3 Å². The van der Waals surface area contributed by atoms with Gasteiger partial charge in [0.25, 0.3) is 0 Å². The van der Waals surface area contributed by atoms with E-state index in [0.717, 1.165) is 23.1 Å². The molecule has 0 unspecified atom stereocenters. The van der Waals surface area contributed by atoms with Crippen LogP contribution in [0.5, 0.6) is 0 Å². The highest BCUT2D eigenvalue weighted by Gasteiger charge is 2.41. The van der Waals surface area contributed by atoms with Crippen molar-refractivity contribution in [2.24, 2.45) is 0 Å². The van der Waals surface area contributed by atoms with E-state index in [1.165, 1.54) is 11.3 Å². The van der Waals surface area contributed by atoms with Crippen LogP contribution in [0.1, 0.15) is 6.42 Å². The molecule has 7 heteroatoms. The summed E-state index contributed by atoms with van der Waals surface area (Å²) in [6.07, 6.45) is 0.871. The van der Waals surface area contributed by atoms with Crippen molar-refractivity contribution in [3.8, 4) is 0 Å². The molecule has 1 aromatic carbocycles. The molecule has 2 aliphatic rings. The van der Waals surface area contributed by atoms with Gasteiger partial charge < -0.3 is 10.1 Å². The predicted octanol–water partition coefficient (Wildman–Crippen LogP) is 1.65. The van der Waals surface area contributed by atoms with Crippen LogP contribution in [0.2, 0.25) is 0 Å². The first-order valence-electron chi connectivity index (χ1n) is 7.48. The Morgan fingerprint density at radius 3 is 3.09 bits per heavy atom. The topological polar surface area (TPSA) is 58.6 Å². The van der Waals surface area contributed by atoms with Crippen molar-refractivity contribution >= 4 is 31.4 Å². The maximum atomic E-state index is 13.2. The minimum absolute atomic E-state index is 0.00896. The van der Waals surface area contributed by atoms with Gasteiger partial charge in [-0.2, -0.15) is 4.31 Å². The van der Waals surface area contributed by atoms with E-state index in [2.05, 4.69) is 5.32 Å². The number of benzene rings is 1. The number of sulfonamides is 1. The normalized spacial score (nSPS) is 26.9. The van der Waals surface area contributed by atoms with Crippen LogP contribution in [0.15, 0.2) is 34.5 Å². The molecule has 0 amide bonds. The molecular weight excluding hydrogens is 320 g/mol. The molecule has 2 aliphatic heterocycles. The van der Waals surface area contributed by atoms with Crippen LogP contribution in [0.4, 0.5) is 0 Å². The third kappa shape index (κ3) is 2.28. The number of hydrogen-bond donors (Lipinski definition) is 1. The lowest BCUT2D eigenvalue weighted by atomic mass is 10.0. The second kappa shape index (κ2) is 5.58. The van der Waals surface area contributed by atoms with Crippen molar-refractivity contribution in [2.75, 3.05) is 26.2 Å². The van der Waals surface area contributed by atoms with Crippen molar-refractivity contribution in [3.63, 3.8) is 0 Å². The minimum atomic E-state index is -3.49. The number of ether oxygens (including phenoxy) is 1. The van der Waals surface area contributed by atoms with Gasteiger partial charge in [-0.3, -0.25) is 0 Å². The summed E-state index contributed by atoms with van der Waals surface area (Å²) in [5.74, 6) is 0. The van der Waals surface area contributed by atoms with Crippen LogP contribution >= 0.6 is 11.3 Å². The van der Waals surface area contributed by atoms with Gasteiger partial charge in [-0.1, -0.05) is 18.2 Å². The van der Waals surface area contributed by atoms with E-state index in [9.17, 15) is 8.42 Å². The highest BCUT2D eigenvalue weighted by Crippen LogP contribution is 2.33. The van der Waals surface area contributed by atoms with Crippen molar-refractivity contribution in [1.82, 2.24) is 9.62 Å². The summed E-state index contributed by atoms with van der Waals surface area (Å²) in [4.78, 5) is 0.430. The summed E-state index contributed by atoms with van der Waals surface area (Å²) in [5, 5.41) is 5.87. The van der Waals surface area contributed by atoms with Gasteiger partial charge in [0, 0.05) is 28.6 Å². The van der Waals surface area contributed by atoms with Gasteiger partial charge in [0.05, 0.1) is 18.8 Å². The Morgan fingerprint density at radius 1 is 1.32 bits per heavy atom. The molecule has 0 bridgehead atoms. The first kappa shape index (κ1) is 14.6. The molecule has 5 nitrogen and oxygen atoms in total. The summed E-state index contributed by atoms with van der Waals surface area (Å²) in [5.41, 5.74) is 0. The molecule has 1 aromatic heterocycles. The highest BCUT2D eigenvalue weighted by molar-refractivity contribution is 7.89. The number of piperidine rings is 1. The van der Waals surface area contributed by atoms with Crippen molar-refractivity contribution in [3.05, 3.63) is 29.6 Å². The number of nitrogens with one attached hydrogen (secondary N) is 1. The van der Waals surface area contributed by atoms with Crippen molar-refractivity contribution in [2.45, 2.75) is 23.5 Å². The maximum Gasteiger partial charge on any atom is 0.244 e. The fourth-order valence-electron chi connectivity index (χ4n) is 3.34. The lowest BCUT2D eigenvalue weighted by Gasteiger charge is -2.42. The molecule has 2 fully saturated rings. The smallest absolute Gasteiger partial charge is 0.244 e. The Morgan fingerprint density at radius 2 is 2.18 bits per heavy atom. The van der Waals surface area contributed by atoms with E-state index in [1.54, 1.807) is 9.69 Å². The summed E-state index contributed by atoms with van der Waals surface area (Å²) in [6, 6.07) is 7.56. The number of thiophene rings is 1. The Hall–Kier alpha value is -0.990. The van der Waals surface area contributed by atoms with Gasteiger partial charge in [0.1, 0.15) is 4.90 Å². The van der Waals surface area contributed by atoms with E-state index >= 15 is 0 Å². The zero-order valence-electron chi connectivity index (χ0n) is 12.1. The molecule has 0 saturated carbocycles. The number of fused-ring (bicyclic) bond motifs is 2. The number of hydrogen-bond acceptors (Lipinski definition) is 5. The summed E-state index contributed by atoms with van der Waals surface area (Å²) < 4.78 is 34.7. The largest absolute Gasteiger partial charge is 0.375 e. The van der Waals surface area contributed by atoms with Crippen LogP contribution in [-0.2, 0) is 14.8 Å². The van der Waals surface area contributed by atoms with E-state index in [1.807, 2.05) is 24.3 Å². The third-order valence-electron chi connectivity index (χ3n) is 4.43. The molecule has 2 atom stereocenters. The summed E-state index contributed by atoms with van der Waals surface area (Å²) in [6.45, 7) is 2.44. The van der Waals surface area contributed by atoms with Crippen molar-refractivity contribution in [1.29, 1.82) is 0 Å². The Labute approximate surface area is 133 Å². The molecule has 1 N–H and O–H groups in total. The molecular formula is C15H18N2O3S2. The second-order valence-electron chi connectivity index (χ2n) is 5.68. The quantitative estimate of drug-likeness (QED) is 0.905. The zero-order chi connectivity index (χ0) is 15.2. The zero-order valence-corrected chi connectivity index (χ0v) is 13.7. The van der Waals surface area contributed by atoms with E-state index in [4.69, 9.17) is 4.74 Å². The first-order chi connectivity index (χ1) is 10.7. The lowest BCUT2D eigenvalue weighted by molar-refractivity contribution is -0.0528. The highest BCUT2D eigenvalue weighted by atomic mass is 32.2. The molecule has 3 heterocycles. The monoisotopic (exact) mass is 338 g/mol. The lowest BCUT2D eigenvalue weighted by Crippen LogP contribution is -2.60. The Bertz CT molecular complexity index is 785. The molecule has 0 radical (unpaired) electrons. The molecule has 0 spiro atoms. The van der Waals surface area contributed by atoms with Crippen LogP contribution in [0.25, 0.3) is 10.1 Å². The van der Waals surface area contributed by atoms with E-state index in [-0.39, 0.29) is 12.1 Å².